The van der Waals surface area contributed by atoms with Gasteiger partial charge in [0.25, 0.3) is 0 Å². The minimum absolute atomic E-state index is 0.125. The number of ether oxygens (including phenoxy) is 1. The number of carbonyl (C=O) groups is 2. The van der Waals surface area contributed by atoms with E-state index in [4.69, 9.17) is 4.42 Å². The summed E-state index contributed by atoms with van der Waals surface area (Å²) in [7, 11) is 1.25. The van der Waals surface area contributed by atoms with Crippen molar-refractivity contribution in [3.05, 3.63) is 60.1 Å². The quantitative estimate of drug-likeness (QED) is 0.887. The predicted octanol–water partition coefficient (Wildman–Crippen LogP) is 2.16. The largest absolute Gasteiger partial charge is 0.467 e. The molecule has 2 rings (SSSR count). The van der Waals surface area contributed by atoms with Crippen LogP contribution in [0.15, 0.2) is 53.1 Å². The molecule has 116 valence electrons. The summed E-state index contributed by atoms with van der Waals surface area (Å²) in [5.74, 6) is 0.466. The molecule has 0 saturated heterocycles. The van der Waals surface area contributed by atoms with Gasteiger partial charge < -0.3 is 19.4 Å². The summed E-state index contributed by atoms with van der Waals surface area (Å²) >= 11 is 0. The van der Waals surface area contributed by atoms with E-state index in [-0.39, 0.29) is 12.5 Å². The second-order valence-corrected chi connectivity index (χ2v) is 4.66. The van der Waals surface area contributed by atoms with E-state index in [1.54, 1.807) is 23.3 Å². The summed E-state index contributed by atoms with van der Waals surface area (Å²) < 4.78 is 9.76. The van der Waals surface area contributed by atoms with Crippen molar-refractivity contribution in [3.8, 4) is 0 Å². The Kier molecular flexibility index (Phi) is 5.59. The van der Waals surface area contributed by atoms with E-state index in [2.05, 4.69) is 10.1 Å². The fourth-order valence-electron chi connectivity index (χ4n) is 1.96. The summed E-state index contributed by atoms with van der Waals surface area (Å²) in [6, 6.07) is 13.2. The van der Waals surface area contributed by atoms with E-state index >= 15 is 0 Å². The zero-order chi connectivity index (χ0) is 15.8. The zero-order valence-electron chi connectivity index (χ0n) is 12.3. The topological polar surface area (TPSA) is 71.8 Å². The lowest BCUT2D eigenvalue weighted by atomic mass is 10.2. The van der Waals surface area contributed by atoms with Crippen LogP contribution in [-0.4, -0.2) is 30.6 Å². The van der Waals surface area contributed by atoms with Gasteiger partial charge in [-0.2, -0.15) is 0 Å². The van der Waals surface area contributed by atoms with E-state index in [0.29, 0.717) is 18.8 Å². The molecule has 0 bridgehead atoms. The van der Waals surface area contributed by atoms with Crippen molar-refractivity contribution < 1.29 is 18.7 Å². The summed E-state index contributed by atoms with van der Waals surface area (Å²) in [5, 5.41) is 2.39. The maximum Gasteiger partial charge on any atom is 0.407 e. The van der Waals surface area contributed by atoms with Crippen LogP contribution in [0.3, 0.4) is 0 Å². The van der Waals surface area contributed by atoms with Crippen LogP contribution >= 0.6 is 0 Å². The second kappa shape index (κ2) is 7.87. The highest BCUT2D eigenvalue weighted by Gasteiger charge is 2.16. The molecule has 0 radical (unpaired) electrons. The highest BCUT2D eigenvalue weighted by molar-refractivity contribution is 5.82. The van der Waals surface area contributed by atoms with Crippen LogP contribution < -0.4 is 5.32 Å². The molecule has 0 aliphatic carbocycles. The lowest BCUT2D eigenvalue weighted by Crippen LogP contribution is -2.39. The summed E-state index contributed by atoms with van der Waals surface area (Å²) in [6.07, 6.45) is 0.929. The fraction of sp³-hybridized carbons (Fsp3) is 0.250. The van der Waals surface area contributed by atoms with E-state index in [1.807, 2.05) is 30.3 Å². The molecule has 0 saturated carbocycles. The van der Waals surface area contributed by atoms with Gasteiger partial charge in [0.1, 0.15) is 12.3 Å². The third-order valence-corrected chi connectivity index (χ3v) is 3.07. The van der Waals surface area contributed by atoms with Gasteiger partial charge in [0.15, 0.2) is 0 Å². The molecule has 6 heteroatoms. The lowest BCUT2D eigenvalue weighted by molar-refractivity contribution is -0.131. The van der Waals surface area contributed by atoms with Gasteiger partial charge in [0, 0.05) is 6.54 Å². The number of hydrogen-bond donors (Lipinski definition) is 1. The Hall–Kier alpha value is -2.76. The molecule has 6 nitrogen and oxygen atoms in total. The molecule has 0 fully saturated rings. The number of nitrogens with zero attached hydrogens (tertiary/aromatic N) is 1. The minimum atomic E-state index is -0.633. The zero-order valence-corrected chi connectivity index (χ0v) is 12.3. The monoisotopic (exact) mass is 302 g/mol. The van der Waals surface area contributed by atoms with Crippen LogP contribution in [0.25, 0.3) is 0 Å². The minimum Gasteiger partial charge on any atom is -0.467 e. The molecule has 0 unspecified atom stereocenters. The van der Waals surface area contributed by atoms with Crippen molar-refractivity contribution in [1.82, 2.24) is 10.2 Å². The molecule has 2 amide bonds. The maximum atomic E-state index is 12.3. The van der Waals surface area contributed by atoms with Gasteiger partial charge in [-0.05, 0) is 17.7 Å². The number of benzene rings is 1. The van der Waals surface area contributed by atoms with Gasteiger partial charge >= 0.3 is 6.09 Å². The van der Waals surface area contributed by atoms with Gasteiger partial charge in [-0.15, -0.1) is 0 Å². The smallest absolute Gasteiger partial charge is 0.407 e. The van der Waals surface area contributed by atoms with E-state index in [1.165, 1.54) is 7.11 Å². The van der Waals surface area contributed by atoms with Crippen LogP contribution in [0.1, 0.15) is 11.3 Å². The molecule has 0 aliphatic rings. The highest BCUT2D eigenvalue weighted by atomic mass is 16.5. The number of carbonyl (C=O) groups excluding carboxylic acids is 2. The van der Waals surface area contributed by atoms with Crippen molar-refractivity contribution in [2.75, 3.05) is 13.7 Å². The van der Waals surface area contributed by atoms with Gasteiger partial charge in [-0.25, -0.2) is 4.79 Å². The number of methoxy groups -OCH3 is 1. The SMILES string of the molecule is COC(=O)NCC(=O)N(Cc1ccccc1)Cc1ccco1. The Balaban J connectivity index is 2.03. The molecule has 22 heavy (non-hydrogen) atoms. The first-order valence-electron chi connectivity index (χ1n) is 6.85. The fourth-order valence-corrected chi connectivity index (χ4v) is 1.96. The highest BCUT2D eigenvalue weighted by Crippen LogP contribution is 2.10. The summed E-state index contributed by atoms with van der Waals surface area (Å²) in [6.45, 7) is 0.646. The van der Waals surface area contributed by atoms with Crippen LogP contribution in [0.2, 0.25) is 0 Å². The average Bonchev–Trinajstić information content (AvgIpc) is 3.05. The molecule has 1 N–H and O–H groups in total. The molecular weight excluding hydrogens is 284 g/mol. The molecule has 0 spiro atoms. The van der Waals surface area contributed by atoms with Gasteiger partial charge in [-0.3, -0.25) is 4.79 Å². The van der Waals surface area contributed by atoms with Gasteiger partial charge in [-0.1, -0.05) is 30.3 Å². The average molecular weight is 302 g/mol. The Morgan fingerprint density at radius 2 is 1.91 bits per heavy atom. The first-order valence-corrected chi connectivity index (χ1v) is 6.85. The number of furan rings is 1. The third-order valence-electron chi connectivity index (χ3n) is 3.07. The molecule has 0 atom stereocenters. The third kappa shape index (κ3) is 4.66. The number of amides is 2. The molecular formula is C16H18N2O4. The Morgan fingerprint density at radius 1 is 1.14 bits per heavy atom. The first-order chi connectivity index (χ1) is 10.7. The predicted molar refractivity (Wildman–Crippen MR) is 79.8 cm³/mol. The van der Waals surface area contributed by atoms with Crippen LogP contribution in [0, 0.1) is 0 Å². The Labute approximate surface area is 128 Å². The van der Waals surface area contributed by atoms with Crippen molar-refractivity contribution in [2.24, 2.45) is 0 Å². The standard InChI is InChI=1S/C16H18N2O4/c1-21-16(20)17-10-15(19)18(12-14-8-5-9-22-14)11-13-6-3-2-4-7-13/h2-9H,10-12H2,1H3,(H,17,20). The van der Waals surface area contributed by atoms with Crippen LogP contribution in [0.5, 0.6) is 0 Å². The Morgan fingerprint density at radius 3 is 2.55 bits per heavy atom. The molecule has 0 aliphatic heterocycles. The number of rotatable bonds is 6. The number of nitrogens with one attached hydrogen (secondary N) is 1. The molecule has 1 aromatic heterocycles. The Bertz CT molecular complexity index is 596. The number of hydrogen-bond acceptors (Lipinski definition) is 4. The number of alkyl carbamates (subject to hydrolysis) is 1. The van der Waals surface area contributed by atoms with Crippen molar-refractivity contribution in [1.29, 1.82) is 0 Å². The lowest BCUT2D eigenvalue weighted by Gasteiger charge is -2.22. The summed E-state index contributed by atoms with van der Waals surface area (Å²) in [5.41, 5.74) is 1.00. The van der Waals surface area contributed by atoms with E-state index in [9.17, 15) is 9.59 Å². The second-order valence-electron chi connectivity index (χ2n) is 4.66. The van der Waals surface area contributed by atoms with Gasteiger partial charge in [0.05, 0.1) is 19.9 Å². The first kappa shape index (κ1) is 15.6. The van der Waals surface area contributed by atoms with Crippen molar-refractivity contribution in [3.63, 3.8) is 0 Å². The summed E-state index contributed by atoms with van der Waals surface area (Å²) in [4.78, 5) is 25.0. The van der Waals surface area contributed by atoms with Crippen molar-refractivity contribution in [2.45, 2.75) is 13.1 Å². The maximum absolute atomic E-state index is 12.3. The van der Waals surface area contributed by atoms with Crippen LogP contribution in [-0.2, 0) is 22.6 Å². The van der Waals surface area contributed by atoms with Crippen LogP contribution in [0.4, 0.5) is 4.79 Å². The molecule has 1 aromatic carbocycles. The molecule has 1 heterocycles. The van der Waals surface area contributed by atoms with E-state index < -0.39 is 6.09 Å². The molecule has 2 aromatic rings. The van der Waals surface area contributed by atoms with Crippen molar-refractivity contribution >= 4 is 12.0 Å². The van der Waals surface area contributed by atoms with E-state index in [0.717, 1.165) is 5.56 Å². The van der Waals surface area contributed by atoms with Gasteiger partial charge in [0.2, 0.25) is 5.91 Å². The normalized spacial score (nSPS) is 10.0.